The number of benzene rings is 1. The fourth-order valence-corrected chi connectivity index (χ4v) is 3.65. The average Bonchev–Trinajstić information content (AvgIpc) is 3.38. The number of hydrogen-bond acceptors (Lipinski definition) is 9. The molecule has 0 aliphatic carbocycles. The number of methoxy groups -OCH3 is 1. The van der Waals surface area contributed by atoms with E-state index in [1.807, 2.05) is 0 Å². The van der Waals surface area contributed by atoms with Crippen LogP contribution in [-0.2, 0) is 16.1 Å². The minimum absolute atomic E-state index is 0.0491. The summed E-state index contributed by atoms with van der Waals surface area (Å²) in [7, 11) is 1.60. The molecule has 1 aliphatic rings. The topological polar surface area (TPSA) is 133 Å². The van der Waals surface area contributed by atoms with E-state index >= 15 is 0 Å². The highest BCUT2D eigenvalue weighted by Crippen LogP contribution is 2.35. The van der Waals surface area contributed by atoms with Crippen molar-refractivity contribution >= 4 is 34.5 Å². The molecule has 1 aliphatic heterocycles. The van der Waals surface area contributed by atoms with Crippen molar-refractivity contribution in [3.8, 4) is 11.5 Å². The van der Waals surface area contributed by atoms with Crippen LogP contribution in [0.4, 0.5) is 5.95 Å². The van der Waals surface area contributed by atoms with Crippen molar-refractivity contribution < 1.29 is 19.0 Å². The van der Waals surface area contributed by atoms with Crippen LogP contribution in [0.2, 0.25) is 0 Å². The smallest absolute Gasteiger partial charge is 0.262 e. The Labute approximate surface area is 168 Å². The summed E-state index contributed by atoms with van der Waals surface area (Å²) >= 11 is 1.16. The number of nitrogens with one attached hydrogen (secondary N) is 2. The van der Waals surface area contributed by atoms with Gasteiger partial charge < -0.3 is 14.2 Å². The molecule has 0 spiro atoms. The number of nitrogens with zero attached hydrogens (tertiary/aromatic N) is 4. The lowest BCUT2D eigenvalue weighted by molar-refractivity contribution is -0.113. The SMILES string of the molecule is COCCCn1c(SCC(=O)Nc2ncn[nH]2)nc2cc3c(cc2c1=O)OCO3. The van der Waals surface area contributed by atoms with Gasteiger partial charge in [-0.25, -0.2) is 10.1 Å². The number of carbonyl (C=O) groups excluding carboxylic acids is 1. The fourth-order valence-electron chi connectivity index (χ4n) is 2.83. The third-order valence-corrected chi connectivity index (χ3v) is 5.13. The Balaban J connectivity index is 1.62. The van der Waals surface area contributed by atoms with Gasteiger partial charge in [-0.15, -0.1) is 0 Å². The van der Waals surface area contributed by atoms with Gasteiger partial charge >= 0.3 is 0 Å². The highest BCUT2D eigenvalue weighted by atomic mass is 32.2. The molecule has 0 radical (unpaired) electrons. The molecule has 0 saturated carbocycles. The molecular formula is C17H18N6O5S. The summed E-state index contributed by atoms with van der Waals surface area (Å²) in [5, 5.41) is 9.69. The Kier molecular flexibility index (Phi) is 5.62. The number of amides is 1. The first-order chi connectivity index (χ1) is 14.2. The van der Waals surface area contributed by atoms with E-state index in [1.165, 1.54) is 6.33 Å². The third-order valence-electron chi connectivity index (χ3n) is 4.15. The molecule has 3 heterocycles. The molecule has 1 aromatic carbocycles. The molecule has 0 saturated heterocycles. The first-order valence-electron chi connectivity index (χ1n) is 8.77. The number of H-pyrrole nitrogens is 1. The average molecular weight is 418 g/mol. The van der Waals surface area contributed by atoms with Crippen molar-refractivity contribution in [2.45, 2.75) is 18.1 Å². The Morgan fingerprint density at radius 3 is 2.97 bits per heavy atom. The molecule has 11 nitrogen and oxygen atoms in total. The number of thioether (sulfide) groups is 1. The maximum absolute atomic E-state index is 13.1. The summed E-state index contributed by atoms with van der Waals surface area (Å²) in [5.41, 5.74) is 0.280. The van der Waals surface area contributed by atoms with Gasteiger partial charge in [0.05, 0.1) is 16.7 Å². The van der Waals surface area contributed by atoms with Crippen molar-refractivity contribution in [1.82, 2.24) is 24.7 Å². The standard InChI is InChI=1S/C17H18N6O5S/c1-26-4-2-3-23-15(25)10-5-12-13(28-9-27-12)6-11(10)20-17(23)29-7-14(24)21-16-18-8-19-22-16/h5-6,8H,2-4,7,9H2,1H3,(H2,18,19,21,22,24). The van der Waals surface area contributed by atoms with Gasteiger partial charge in [0.1, 0.15) is 6.33 Å². The zero-order chi connectivity index (χ0) is 20.2. The maximum atomic E-state index is 13.1. The molecule has 0 atom stereocenters. The van der Waals surface area contributed by atoms with E-state index < -0.39 is 0 Å². The van der Waals surface area contributed by atoms with E-state index in [2.05, 4.69) is 25.5 Å². The zero-order valence-electron chi connectivity index (χ0n) is 15.5. The molecular weight excluding hydrogens is 400 g/mol. The number of ether oxygens (including phenoxy) is 3. The summed E-state index contributed by atoms with van der Waals surface area (Å²) in [4.78, 5) is 33.7. The number of aromatic nitrogens is 5. The van der Waals surface area contributed by atoms with E-state index in [4.69, 9.17) is 14.2 Å². The first kappa shape index (κ1) is 19.2. The van der Waals surface area contributed by atoms with Crippen LogP contribution >= 0.6 is 11.8 Å². The molecule has 152 valence electrons. The summed E-state index contributed by atoms with van der Waals surface area (Å²) in [6, 6.07) is 3.32. The van der Waals surface area contributed by atoms with E-state index in [0.29, 0.717) is 47.1 Å². The minimum atomic E-state index is -0.296. The third kappa shape index (κ3) is 4.17. The van der Waals surface area contributed by atoms with Crippen LogP contribution in [0, 0.1) is 0 Å². The molecule has 12 heteroatoms. The molecule has 2 aromatic heterocycles. The second-order valence-electron chi connectivity index (χ2n) is 6.09. The Bertz CT molecular complexity index is 1080. The zero-order valence-corrected chi connectivity index (χ0v) is 16.3. The summed E-state index contributed by atoms with van der Waals surface area (Å²) in [6.07, 6.45) is 1.93. The highest BCUT2D eigenvalue weighted by molar-refractivity contribution is 7.99. The van der Waals surface area contributed by atoms with E-state index in [-0.39, 0.29) is 30.0 Å². The van der Waals surface area contributed by atoms with Gasteiger partial charge in [0.2, 0.25) is 18.6 Å². The number of hydrogen-bond donors (Lipinski definition) is 2. The number of rotatable bonds is 8. The monoisotopic (exact) mass is 418 g/mol. The molecule has 2 N–H and O–H groups in total. The quantitative estimate of drug-likeness (QED) is 0.312. The molecule has 0 bridgehead atoms. The summed E-state index contributed by atoms with van der Waals surface area (Å²) < 4.78 is 17.4. The molecule has 4 rings (SSSR count). The van der Waals surface area contributed by atoms with Crippen LogP contribution in [-0.4, -0.2) is 56.9 Å². The number of anilines is 1. The predicted molar refractivity (Wildman–Crippen MR) is 104 cm³/mol. The van der Waals surface area contributed by atoms with Gasteiger partial charge in [-0.05, 0) is 12.5 Å². The van der Waals surface area contributed by atoms with Crippen LogP contribution in [0.5, 0.6) is 11.5 Å². The lowest BCUT2D eigenvalue weighted by atomic mass is 10.2. The van der Waals surface area contributed by atoms with Crippen molar-refractivity contribution in [2.75, 3.05) is 31.6 Å². The normalized spacial score (nSPS) is 12.4. The number of aromatic amines is 1. The second-order valence-corrected chi connectivity index (χ2v) is 7.03. The van der Waals surface area contributed by atoms with Crippen LogP contribution in [0.25, 0.3) is 10.9 Å². The Morgan fingerprint density at radius 1 is 1.38 bits per heavy atom. The van der Waals surface area contributed by atoms with Gasteiger partial charge in [-0.3, -0.25) is 19.5 Å². The Hall–Kier alpha value is -3.12. The van der Waals surface area contributed by atoms with Crippen LogP contribution < -0.4 is 20.3 Å². The highest BCUT2D eigenvalue weighted by Gasteiger charge is 2.19. The van der Waals surface area contributed by atoms with Crippen LogP contribution in [0.15, 0.2) is 28.4 Å². The van der Waals surface area contributed by atoms with Crippen molar-refractivity contribution in [3.05, 3.63) is 28.8 Å². The van der Waals surface area contributed by atoms with Gasteiger partial charge in [-0.2, -0.15) is 10.1 Å². The van der Waals surface area contributed by atoms with Crippen LogP contribution in [0.3, 0.4) is 0 Å². The summed E-state index contributed by atoms with van der Waals surface area (Å²) in [5.74, 6) is 1.07. The number of fused-ring (bicyclic) bond motifs is 2. The maximum Gasteiger partial charge on any atom is 0.262 e. The lowest BCUT2D eigenvalue weighted by Crippen LogP contribution is -2.25. The number of carbonyl (C=O) groups is 1. The van der Waals surface area contributed by atoms with Crippen molar-refractivity contribution in [1.29, 1.82) is 0 Å². The van der Waals surface area contributed by atoms with Crippen molar-refractivity contribution in [3.63, 3.8) is 0 Å². The molecule has 29 heavy (non-hydrogen) atoms. The summed E-state index contributed by atoms with van der Waals surface area (Å²) in [6.45, 7) is 1.02. The predicted octanol–water partition coefficient (Wildman–Crippen LogP) is 1.01. The Morgan fingerprint density at radius 2 is 2.21 bits per heavy atom. The molecule has 3 aromatic rings. The minimum Gasteiger partial charge on any atom is -0.454 e. The van der Waals surface area contributed by atoms with E-state index in [9.17, 15) is 9.59 Å². The van der Waals surface area contributed by atoms with Gasteiger partial charge in [-0.1, -0.05) is 11.8 Å². The van der Waals surface area contributed by atoms with Crippen molar-refractivity contribution in [2.24, 2.45) is 0 Å². The fraction of sp³-hybridized carbons (Fsp3) is 0.353. The van der Waals surface area contributed by atoms with E-state index in [0.717, 1.165) is 11.8 Å². The second kappa shape index (κ2) is 8.49. The van der Waals surface area contributed by atoms with Gasteiger partial charge in [0.15, 0.2) is 16.7 Å². The lowest BCUT2D eigenvalue weighted by Gasteiger charge is -2.13. The first-order valence-corrected chi connectivity index (χ1v) is 9.75. The molecule has 1 amide bonds. The van der Waals surface area contributed by atoms with Gasteiger partial charge in [0.25, 0.3) is 5.56 Å². The largest absolute Gasteiger partial charge is 0.454 e. The van der Waals surface area contributed by atoms with E-state index in [1.54, 1.807) is 23.8 Å². The molecule has 0 fully saturated rings. The molecule has 0 unspecified atom stereocenters. The van der Waals surface area contributed by atoms with Gasteiger partial charge in [0, 0.05) is 26.3 Å². The van der Waals surface area contributed by atoms with Crippen LogP contribution in [0.1, 0.15) is 6.42 Å².